The van der Waals surface area contributed by atoms with Crippen molar-refractivity contribution >= 4 is 5.97 Å². The van der Waals surface area contributed by atoms with E-state index in [1.807, 2.05) is 6.92 Å². The zero-order chi connectivity index (χ0) is 13.8. The fraction of sp³-hybridized carbons (Fsp3) is 0.750. The molecule has 0 spiro atoms. The lowest BCUT2D eigenvalue weighted by atomic mass is 10.4. The molecule has 1 atom stereocenters. The number of hydrogen-bond donors (Lipinski definition) is 1. The lowest BCUT2D eigenvalue weighted by Gasteiger charge is -2.17. The number of hydrogen-bond acceptors (Lipinski definition) is 6. The number of rotatable bonds is 11. The Balaban J connectivity index is 3.77. The van der Waals surface area contributed by atoms with Crippen LogP contribution in [0, 0.1) is 0 Å². The third-order valence-corrected chi connectivity index (χ3v) is 1.82. The molecule has 0 amide bonds. The predicted octanol–water partition coefficient (Wildman–Crippen LogP) is 0.494. The molecule has 0 aliphatic carbocycles. The van der Waals surface area contributed by atoms with Crippen LogP contribution < -0.4 is 0 Å². The Hall–Kier alpha value is -0.950. The topological polar surface area (TPSA) is 74.2 Å². The van der Waals surface area contributed by atoms with Crippen LogP contribution in [0.1, 0.15) is 13.8 Å². The van der Waals surface area contributed by atoms with E-state index in [2.05, 4.69) is 6.58 Å². The summed E-state index contributed by atoms with van der Waals surface area (Å²) in [6.07, 6.45) is -0.615. The minimum atomic E-state index is -0.615. The lowest BCUT2D eigenvalue weighted by molar-refractivity contribution is -0.182. The summed E-state index contributed by atoms with van der Waals surface area (Å²) >= 11 is 0. The van der Waals surface area contributed by atoms with Gasteiger partial charge in [-0.2, -0.15) is 0 Å². The Bertz CT molecular complexity index is 241. The first kappa shape index (κ1) is 17.1. The molecule has 0 heterocycles. The van der Waals surface area contributed by atoms with Gasteiger partial charge in [0.2, 0.25) is 0 Å². The third kappa shape index (κ3) is 9.12. The predicted molar refractivity (Wildman–Crippen MR) is 65.0 cm³/mol. The summed E-state index contributed by atoms with van der Waals surface area (Å²) in [6, 6.07) is 0. The van der Waals surface area contributed by atoms with Crippen LogP contribution in [0.2, 0.25) is 0 Å². The van der Waals surface area contributed by atoms with Gasteiger partial charge >= 0.3 is 5.97 Å². The van der Waals surface area contributed by atoms with Crippen molar-refractivity contribution in [2.45, 2.75) is 20.1 Å². The minimum absolute atomic E-state index is 0.0134. The van der Waals surface area contributed by atoms with E-state index >= 15 is 0 Å². The highest BCUT2D eigenvalue weighted by Gasteiger charge is 2.12. The number of ether oxygens (including phenoxy) is 4. The van der Waals surface area contributed by atoms with Crippen molar-refractivity contribution < 1.29 is 28.8 Å². The first-order valence-corrected chi connectivity index (χ1v) is 5.86. The molecule has 0 aromatic rings. The van der Waals surface area contributed by atoms with Crippen LogP contribution in [-0.4, -0.2) is 57.0 Å². The summed E-state index contributed by atoms with van der Waals surface area (Å²) in [6.45, 7) is 8.22. The maximum absolute atomic E-state index is 11.2. The van der Waals surface area contributed by atoms with Crippen molar-refractivity contribution in [2.24, 2.45) is 0 Å². The van der Waals surface area contributed by atoms with Crippen molar-refractivity contribution in [1.82, 2.24) is 0 Å². The molecule has 6 nitrogen and oxygen atoms in total. The monoisotopic (exact) mass is 262 g/mol. The summed E-state index contributed by atoms with van der Waals surface area (Å²) in [5.74, 6) is -0.472. The van der Waals surface area contributed by atoms with Crippen LogP contribution in [0.3, 0.4) is 0 Å². The Kier molecular flexibility index (Phi) is 10.6. The molecule has 0 aromatic carbocycles. The van der Waals surface area contributed by atoms with Gasteiger partial charge in [0.25, 0.3) is 0 Å². The van der Waals surface area contributed by atoms with Gasteiger partial charge in [0.1, 0.15) is 6.61 Å². The molecule has 106 valence electrons. The molecule has 0 radical (unpaired) electrons. The van der Waals surface area contributed by atoms with Crippen molar-refractivity contribution in [1.29, 1.82) is 0 Å². The maximum atomic E-state index is 11.2. The molecule has 6 heteroatoms. The quantitative estimate of drug-likeness (QED) is 0.253. The summed E-state index contributed by atoms with van der Waals surface area (Å²) in [7, 11) is 0. The molecular formula is C12H22O6. The Morgan fingerprint density at radius 2 is 2.00 bits per heavy atom. The van der Waals surface area contributed by atoms with E-state index in [0.29, 0.717) is 25.4 Å². The van der Waals surface area contributed by atoms with Crippen LogP contribution in [-0.2, 0) is 23.7 Å². The van der Waals surface area contributed by atoms with Gasteiger partial charge in [-0.25, -0.2) is 4.79 Å². The smallest absolute Gasteiger partial charge is 0.333 e. The second-order valence-corrected chi connectivity index (χ2v) is 3.47. The highest BCUT2D eigenvalue weighted by molar-refractivity contribution is 5.86. The van der Waals surface area contributed by atoms with E-state index in [4.69, 9.17) is 24.1 Å². The molecule has 1 N–H and O–H groups in total. The molecule has 0 aliphatic rings. The van der Waals surface area contributed by atoms with Gasteiger partial charge in [-0.05, 0) is 13.8 Å². The lowest BCUT2D eigenvalue weighted by Crippen LogP contribution is -2.27. The zero-order valence-electron chi connectivity index (χ0n) is 11.0. The molecule has 0 fully saturated rings. The van der Waals surface area contributed by atoms with Gasteiger partial charge in [0.15, 0.2) is 6.29 Å². The first-order valence-electron chi connectivity index (χ1n) is 5.86. The van der Waals surface area contributed by atoms with Gasteiger partial charge < -0.3 is 24.1 Å². The Labute approximate surface area is 107 Å². The van der Waals surface area contributed by atoms with Gasteiger partial charge in [-0.15, -0.1) is 0 Å². The fourth-order valence-corrected chi connectivity index (χ4v) is 1.00. The van der Waals surface area contributed by atoms with E-state index in [0.717, 1.165) is 0 Å². The fourth-order valence-electron chi connectivity index (χ4n) is 1.00. The maximum Gasteiger partial charge on any atom is 0.333 e. The normalized spacial score (nSPS) is 12.2. The van der Waals surface area contributed by atoms with E-state index < -0.39 is 12.3 Å². The van der Waals surface area contributed by atoms with Crippen LogP contribution in [0.25, 0.3) is 0 Å². The number of carbonyl (C=O) groups is 1. The number of aliphatic hydroxyl groups excluding tert-OH is 1. The van der Waals surface area contributed by atoms with Crippen molar-refractivity contribution in [3.8, 4) is 0 Å². The van der Waals surface area contributed by atoms with Gasteiger partial charge in [0, 0.05) is 12.2 Å². The SMILES string of the molecule is C=C(C)C(=O)OCC(OCC)OCCOCCO. The van der Waals surface area contributed by atoms with Crippen LogP contribution in [0.5, 0.6) is 0 Å². The van der Waals surface area contributed by atoms with Crippen molar-refractivity contribution in [3.05, 3.63) is 12.2 Å². The van der Waals surface area contributed by atoms with Gasteiger partial charge in [0.05, 0.1) is 26.4 Å². The first-order chi connectivity index (χ1) is 8.61. The average Bonchev–Trinajstić information content (AvgIpc) is 2.34. The van der Waals surface area contributed by atoms with Gasteiger partial charge in [-0.3, -0.25) is 0 Å². The third-order valence-electron chi connectivity index (χ3n) is 1.82. The molecule has 1 unspecified atom stereocenters. The largest absolute Gasteiger partial charge is 0.457 e. The van der Waals surface area contributed by atoms with E-state index in [-0.39, 0.29) is 19.8 Å². The highest BCUT2D eigenvalue weighted by Crippen LogP contribution is 2.00. The summed E-state index contributed by atoms with van der Waals surface area (Å²) in [5.41, 5.74) is 0.330. The molecule has 0 rings (SSSR count). The highest BCUT2D eigenvalue weighted by atomic mass is 16.7. The second-order valence-electron chi connectivity index (χ2n) is 3.47. The summed E-state index contributed by atoms with van der Waals surface area (Å²) in [5, 5.41) is 8.50. The second kappa shape index (κ2) is 11.2. The summed E-state index contributed by atoms with van der Waals surface area (Å²) < 4.78 is 20.5. The summed E-state index contributed by atoms with van der Waals surface area (Å²) in [4.78, 5) is 11.2. The molecule has 0 saturated carbocycles. The van der Waals surface area contributed by atoms with Crippen molar-refractivity contribution in [3.63, 3.8) is 0 Å². The number of esters is 1. The Morgan fingerprint density at radius 1 is 1.28 bits per heavy atom. The van der Waals surface area contributed by atoms with Crippen molar-refractivity contribution in [2.75, 3.05) is 39.6 Å². The standard InChI is InChI=1S/C12H22O6/c1-4-16-11(9-18-12(14)10(2)3)17-8-7-15-6-5-13/h11,13H,2,4-9H2,1,3H3. The van der Waals surface area contributed by atoms with E-state index in [1.165, 1.54) is 0 Å². The van der Waals surface area contributed by atoms with Crippen LogP contribution in [0.15, 0.2) is 12.2 Å². The Morgan fingerprint density at radius 3 is 2.56 bits per heavy atom. The van der Waals surface area contributed by atoms with Crippen LogP contribution in [0.4, 0.5) is 0 Å². The molecule has 0 bridgehead atoms. The molecule has 18 heavy (non-hydrogen) atoms. The number of carbonyl (C=O) groups excluding carboxylic acids is 1. The average molecular weight is 262 g/mol. The minimum Gasteiger partial charge on any atom is -0.457 e. The molecule has 0 aliphatic heterocycles. The zero-order valence-corrected chi connectivity index (χ0v) is 11.0. The number of aliphatic hydroxyl groups is 1. The molecular weight excluding hydrogens is 240 g/mol. The van der Waals surface area contributed by atoms with Crippen LogP contribution >= 0.6 is 0 Å². The van der Waals surface area contributed by atoms with E-state index in [1.54, 1.807) is 6.92 Å². The molecule has 0 aromatic heterocycles. The van der Waals surface area contributed by atoms with E-state index in [9.17, 15) is 4.79 Å². The molecule has 0 saturated heterocycles. The van der Waals surface area contributed by atoms with Gasteiger partial charge in [-0.1, -0.05) is 6.58 Å².